The van der Waals surface area contributed by atoms with Crippen molar-refractivity contribution in [3.05, 3.63) is 86.6 Å². The summed E-state index contributed by atoms with van der Waals surface area (Å²) < 4.78 is 12.3. The zero-order valence-electron chi connectivity index (χ0n) is 17.0. The van der Waals surface area contributed by atoms with E-state index in [4.69, 9.17) is 63.7 Å². The van der Waals surface area contributed by atoms with Gasteiger partial charge in [-0.25, -0.2) is 4.39 Å². The van der Waals surface area contributed by atoms with Crippen LogP contribution in [0.1, 0.15) is 21.8 Å². The molecule has 0 aliphatic heterocycles. The lowest BCUT2D eigenvalue weighted by molar-refractivity contribution is -0.117. The predicted molar refractivity (Wildman–Crippen MR) is 136 cm³/mol. The number of hydrogen-bond donors (Lipinski definition) is 3. The third kappa shape index (κ3) is 5.07. The molecule has 1 saturated carbocycles. The van der Waals surface area contributed by atoms with Crippen molar-refractivity contribution in [1.82, 2.24) is 0 Å². The van der Waals surface area contributed by atoms with Gasteiger partial charge in [-0.3, -0.25) is 9.59 Å². The van der Waals surface area contributed by atoms with Crippen LogP contribution >= 0.6 is 58.0 Å². The van der Waals surface area contributed by atoms with Crippen LogP contribution in [-0.4, -0.2) is 16.1 Å². The number of amides is 2. The summed E-state index contributed by atoms with van der Waals surface area (Å²) in [6.45, 7) is 0. The van der Waals surface area contributed by atoms with E-state index in [0.29, 0.717) is 21.3 Å². The summed E-state index contributed by atoms with van der Waals surface area (Å²) >= 11 is 31.1. The van der Waals surface area contributed by atoms with Crippen molar-refractivity contribution in [2.24, 2.45) is 5.92 Å². The highest BCUT2D eigenvalue weighted by molar-refractivity contribution is 6.53. The Hall–Kier alpha value is -2.22. The number of alkyl halides is 2. The molecule has 0 bridgehead atoms. The first-order valence-corrected chi connectivity index (χ1v) is 11.7. The topological polar surface area (TPSA) is 84.2 Å². The minimum atomic E-state index is -1.36. The Labute approximate surface area is 219 Å². The van der Waals surface area contributed by atoms with Crippen LogP contribution in [0.4, 0.5) is 21.5 Å². The van der Waals surface area contributed by atoms with E-state index in [1.807, 2.05) is 0 Å². The van der Waals surface area contributed by atoms with E-state index in [2.05, 4.69) is 10.6 Å². The summed E-state index contributed by atoms with van der Waals surface area (Å²) in [7, 11) is 0. The molecule has 2 amide bonds. The molecule has 1 aliphatic rings. The average Bonchev–Trinajstić information content (AvgIpc) is 3.33. The van der Waals surface area contributed by atoms with Crippen molar-refractivity contribution in [1.29, 1.82) is 0 Å². The fourth-order valence-electron chi connectivity index (χ4n) is 3.62. The minimum absolute atomic E-state index is 0.0474. The minimum Gasteiger partial charge on any atom is -0.396 e. The standard InChI is InChI=1S/C23H15Cl5FN3O2/c24-11-5-10(6-12(25)7-11)19-20(23(19,27)28)22(34)32-13-1-3-16(26)15(8-13)21(33)31-14-2-4-18(30)17(29)9-14/h1-9,19-20H,30H2,(H,31,33)(H,32,34)/t19-,20+/m1/s1. The van der Waals surface area contributed by atoms with Crippen LogP contribution in [0.3, 0.4) is 0 Å². The fourth-order valence-corrected chi connectivity index (χ4v) is 5.20. The van der Waals surface area contributed by atoms with Crippen LogP contribution in [-0.2, 0) is 4.79 Å². The smallest absolute Gasteiger partial charge is 0.257 e. The highest BCUT2D eigenvalue weighted by Gasteiger charge is 2.67. The Morgan fingerprint density at radius 3 is 2.15 bits per heavy atom. The zero-order chi connectivity index (χ0) is 24.8. The SMILES string of the molecule is Nc1ccc(NC(=O)c2cc(NC(=O)[C@@H]3[C@@H](c4cc(Cl)cc(Cl)c4)C3(Cl)Cl)ccc2Cl)cc1F. The van der Waals surface area contributed by atoms with Crippen molar-refractivity contribution in [2.45, 2.75) is 10.3 Å². The highest BCUT2D eigenvalue weighted by atomic mass is 35.5. The number of nitrogens with one attached hydrogen (secondary N) is 2. The number of benzene rings is 3. The molecule has 1 aliphatic carbocycles. The molecule has 0 radical (unpaired) electrons. The lowest BCUT2D eigenvalue weighted by Gasteiger charge is -2.11. The molecule has 0 aromatic heterocycles. The van der Waals surface area contributed by atoms with Crippen LogP contribution in [0.5, 0.6) is 0 Å². The molecule has 11 heteroatoms. The molecule has 0 saturated heterocycles. The Morgan fingerprint density at radius 2 is 1.50 bits per heavy atom. The average molecular weight is 562 g/mol. The molecule has 176 valence electrons. The van der Waals surface area contributed by atoms with Crippen molar-refractivity contribution >= 4 is 86.9 Å². The Balaban J connectivity index is 1.51. The Morgan fingerprint density at radius 1 is 0.882 bits per heavy atom. The number of nitrogen functional groups attached to an aromatic ring is 1. The first-order chi connectivity index (χ1) is 16.0. The van der Waals surface area contributed by atoms with Gasteiger partial charge in [0.1, 0.15) is 10.2 Å². The van der Waals surface area contributed by atoms with E-state index in [9.17, 15) is 14.0 Å². The fraction of sp³-hybridized carbons (Fsp3) is 0.130. The lowest BCUT2D eigenvalue weighted by atomic mass is 10.1. The first-order valence-electron chi connectivity index (χ1n) is 9.78. The van der Waals surface area contributed by atoms with Gasteiger partial charge in [-0.2, -0.15) is 0 Å². The number of rotatable bonds is 5. The first kappa shape index (κ1) is 24.9. The van der Waals surface area contributed by atoms with Gasteiger partial charge >= 0.3 is 0 Å². The van der Waals surface area contributed by atoms with E-state index in [0.717, 1.165) is 6.07 Å². The molecule has 3 aromatic carbocycles. The quantitative estimate of drug-likeness (QED) is 0.229. The van der Waals surface area contributed by atoms with Gasteiger partial charge in [0.15, 0.2) is 0 Å². The van der Waals surface area contributed by atoms with Crippen LogP contribution in [0.2, 0.25) is 15.1 Å². The summed E-state index contributed by atoms with van der Waals surface area (Å²) in [4.78, 5) is 25.6. The summed E-state index contributed by atoms with van der Waals surface area (Å²) in [6.07, 6.45) is 0. The van der Waals surface area contributed by atoms with E-state index < -0.39 is 33.8 Å². The van der Waals surface area contributed by atoms with E-state index in [-0.39, 0.29) is 22.0 Å². The van der Waals surface area contributed by atoms with Gasteiger partial charge in [-0.15, -0.1) is 23.2 Å². The van der Waals surface area contributed by atoms with Crippen LogP contribution < -0.4 is 16.4 Å². The molecule has 34 heavy (non-hydrogen) atoms. The summed E-state index contributed by atoms with van der Waals surface area (Å²) in [6, 6.07) is 13.1. The molecule has 2 atom stereocenters. The maximum Gasteiger partial charge on any atom is 0.257 e. The molecule has 4 N–H and O–H groups in total. The maximum atomic E-state index is 13.7. The van der Waals surface area contributed by atoms with Crippen LogP contribution in [0.15, 0.2) is 54.6 Å². The second kappa shape index (κ2) is 9.44. The van der Waals surface area contributed by atoms with Gasteiger partial charge < -0.3 is 16.4 Å². The third-order valence-corrected chi connectivity index (χ3v) is 7.02. The number of anilines is 3. The second-order valence-corrected chi connectivity index (χ2v) is 10.4. The predicted octanol–water partition coefficient (Wildman–Crippen LogP) is 7.15. The largest absolute Gasteiger partial charge is 0.396 e. The Bertz CT molecular complexity index is 1300. The van der Waals surface area contributed by atoms with Gasteiger partial charge in [0.2, 0.25) is 5.91 Å². The maximum absolute atomic E-state index is 13.7. The summed E-state index contributed by atoms with van der Waals surface area (Å²) in [5.74, 6) is -3.04. The molecule has 0 unspecified atom stereocenters. The van der Waals surface area contributed by atoms with Crippen molar-refractivity contribution in [2.75, 3.05) is 16.4 Å². The zero-order valence-corrected chi connectivity index (χ0v) is 20.8. The van der Waals surface area contributed by atoms with Crippen molar-refractivity contribution in [3.8, 4) is 0 Å². The molecule has 0 spiro atoms. The van der Waals surface area contributed by atoms with Gasteiger partial charge in [0.05, 0.1) is 22.2 Å². The Kier molecular flexibility index (Phi) is 6.91. The number of halogens is 6. The van der Waals surface area contributed by atoms with Gasteiger partial charge in [0, 0.05) is 27.3 Å². The number of carbonyl (C=O) groups excluding carboxylic acids is 2. The van der Waals surface area contributed by atoms with Crippen LogP contribution in [0, 0.1) is 11.7 Å². The number of nitrogens with two attached hydrogens (primary N) is 1. The normalized spacial score (nSPS) is 18.3. The monoisotopic (exact) mass is 559 g/mol. The molecule has 1 fully saturated rings. The van der Waals surface area contributed by atoms with Crippen molar-refractivity contribution in [3.63, 3.8) is 0 Å². The van der Waals surface area contributed by atoms with Crippen LogP contribution in [0.25, 0.3) is 0 Å². The third-order valence-electron chi connectivity index (χ3n) is 5.32. The highest BCUT2D eigenvalue weighted by Crippen LogP contribution is 2.65. The van der Waals surface area contributed by atoms with E-state index in [1.165, 1.54) is 30.3 Å². The molecule has 5 nitrogen and oxygen atoms in total. The lowest BCUT2D eigenvalue weighted by Crippen LogP contribution is -2.18. The number of hydrogen-bond acceptors (Lipinski definition) is 3. The van der Waals surface area contributed by atoms with E-state index >= 15 is 0 Å². The molecular formula is C23H15Cl5FN3O2. The molecule has 4 rings (SSSR count). The molecular weight excluding hydrogens is 547 g/mol. The van der Waals surface area contributed by atoms with Gasteiger partial charge in [-0.1, -0.05) is 34.8 Å². The molecule has 3 aromatic rings. The number of carbonyl (C=O) groups is 2. The molecule has 0 heterocycles. The van der Waals surface area contributed by atoms with Gasteiger partial charge in [-0.05, 0) is 60.2 Å². The summed E-state index contributed by atoms with van der Waals surface area (Å²) in [5, 5.41) is 6.16. The summed E-state index contributed by atoms with van der Waals surface area (Å²) in [5.41, 5.74) is 6.59. The van der Waals surface area contributed by atoms with Crippen molar-refractivity contribution < 1.29 is 14.0 Å². The second-order valence-electron chi connectivity index (χ2n) is 7.71. The van der Waals surface area contributed by atoms with E-state index in [1.54, 1.807) is 18.2 Å². The van der Waals surface area contributed by atoms with Gasteiger partial charge in [0.25, 0.3) is 5.91 Å².